The maximum Gasteiger partial charge on any atom is 0.264 e. The quantitative estimate of drug-likeness (QED) is 0.841. The topological polar surface area (TPSA) is 32.8 Å². The summed E-state index contributed by atoms with van der Waals surface area (Å²) in [6.45, 7) is 3.04. The molecule has 4 nitrogen and oxygen atoms in total. The van der Waals surface area contributed by atoms with Gasteiger partial charge in [-0.3, -0.25) is 4.79 Å². The van der Waals surface area contributed by atoms with Crippen LogP contribution in [0.3, 0.4) is 0 Å². The van der Waals surface area contributed by atoms with Gasteiger partial charge in [0, 0.05) is 43.3 Å². The second-order valence-corrected chi connectivity index (χ2v) is 6.65. The number of para-hydroxylation sites is 1. The number of ether oxygens (including phenoxy) is 1. The molecule has 0 aliphatic carbocycles. The van der Waals surface area contributed by atoms with Crippen LogP contribution in [0.2, 0.25) is 5.02 Å². The first-order valence-electron chi connectivity index (χ1n) is 8.24. The van der Waals surface area contributed by atoms with Crippen LogP contribution in [-0.2, 0) is 11.2 Å². The number of amides is 1. The second kappa shape index (κ2) is 6.36. The molecule has 1 amide bonds. The normalized spacial score (nSPS) is 19.8. The number of carbonyl (C=O) groups is 1. The first-order chi connectivity index (χ1) is 11.7. The van der Waals surface area contributed by atoms with Gasteiger partial charge >= 0.3 is 0 Å². The molecule has 2 aromatic rings. The first kappa shape index (κ1) is 15.3. The van der Waals surface area contributed by atoms with Gasteiger partial charge < -0.3 is 14.5 Å². The van der Waals surface area contributed by atoms with Gasteiger partial charge in [0.05, 0.1) is 0 Å². The van der Waals surface area contributed by atoms with Crippen LogP contribution in [0.1, 0.15) is 5.56 Å². The smallest absolute Gasteiger partial charge is 0.264 e. The van der Waals surface area contributed by atoms with Gasteiger partial charge in [-0.2, -0.15) is 0 Å². The third-order valence-corrected chi connectivity index (χ3v) is 4.92. The van der Waals surface area contributed by atoms with Crippen LogP contribution >= 0.6 is 11.6 Å². The van der Waals surface area contributed by atoms with E-state index < -0.39 is 0 Å². The molecule has 0 bridgehead atoms. The van der Waals surface area contributed by atoms with E-state index in [4.69, 9.17) is 16.3 Å². The maximum atomic E-state index is 12.7. The lowest BCUT2D eigenvalue weighted by Crippen LogP contribution is -2.52. The van der Waals surface area contributed by atoms with Crippen LogP contribution in [0.25, 0.3) is 0 Å². The van der Waals surface area contributed by atoms with Gasteiger partial charge in [0.15, 0.2) is 6.10 Å². The molecule has 2 aliphatic rings. The molecule has 24 heavy (non-hydrogen) atoms. The fraction of sp³-hybridized carbons (Fsp3) is 0.316. The molecule has 1 saturated heterocycles. The summed E-state index contributed by atoms with van der Waals surface area (Å²) in [6, 6.07) is 15.7. The molecule has 2 aromatic carbocycles. The number of anilines is 1. The predicted molar refractivity (Wildman–Crippen MR) is 94.8 cm³/mol. The van der Waals surface area contributed by atoms with Crippen molar-refractivity contribution in [1.29, 1.82) is 0 Å². The van der Waals surface area contributed by atoms with Gasteiger partial charge in [0.1, 0.15) is 5.75 Å². The highest BCUT2D eigenvalue weighted by Gasteiger charge is 2.33. The molecule has 2 heterocycles. The van der Waals surface area contributed by atoms with E-state index in [1.807, 2.05) is 47.4 Å². The van der Waals surface area contributed by atoms with Gasteiger partial charge in [0.25, 0.3) is 5.91 Å². The minimum atomic E-state index is -0.375. The van der Waals surface area contributed by atoms with Gasteiger partial charge in [0.2, 0.25) is 0 Å². The molecule has 5 heteroatoms. The Balaban J connectivity index is 1.37. The van der Waals surface area contributed by atoms with E-state index in [9.17, 15) is 4.79 Å². The van der Waals surface area contributed by atoms with Crippen LogP contribution in [0.5, 0.6) is 5.75 Å². The molecule has 0 saturated carbocycles. The Kier molecular flexibility index (Phi) is 4.07. The van der Waals surface area contributed by atoms with Crippen molar-refractivity contribution in [3.63, 3.8) is 0 Å². The number of piperazine rings is 1. The number of nitrogens with zero attached hydrogens (tertiary/aromatic N) is 2. The van der Waals surface area contributed by atoms with E-state index >= 15 is 0 Å². The highest BCUT2D eigenvalue weighted by molar-refractivity contribution is 6.30. The van der Waals surface area contributed by atoms with Crippen molar-refractivity contribution in [3.8, 4) is 5.75 Å². The minimum Gasteiger partial charge on any atom is -0.480 e. The van der Waals surface area contributed by atoms with Gasteiger partial charge in [-0.1, -0.05) is 35.9 Å². The molecule has 0 radical (unpaired) electrons. The standard InChI is InChI=1S/C19H19ClN2O2/c20-15-5-3-6-16(13-15)21-8-10-22(11-9-21)19(23)18-12-14-4-1-2-7-17(14)24-18/h1-7,13,18H,8-12H2/t18-/m0/s1. The largest absolute Gasteiger partial charge is 0.480 e. The van der Waals surface area contributed by atoms with Crippen molar-refractivity contribution in [2.45, 2.75) is 12.5 Å². The Bertz CT molecular complexity index is 732. The van der Waals surface area contributed by atoms with Crippen LogP contribution in [0.15, 0.2) is 48.5 Å². The predicted octanol–water partition coefficient (Wildman–Crippen LogP) is 2.99. The van der Waals surface area contributed by atoms with Gasteiger partial charge in [-0.25, -0.2) is 0 Å². The number of hydrogen-bond acceptors (Lipinski definition) is 3. The first-order valence-corrected chi connectivity index (χ1v) is 8.62. The van der Waals surface area contributed by atoms with Crippen molar-refractivity contribution in [2.24, 2.45) is 0 Å². The average molecular weight is 343 g/mol. The lowest BCUT2D eigenvalue weighted by molar-refractivity contribution is -0.138. The number of benzene rings is 2. The molecule has 0 unspecified atom stereocenters. The summed E-state index contributed by atoms with van der Waals surface area (Å²) in [5.74, 6) is 0.936. The van der Waals surface area contributed by atoms with Crippen LogP contribution in [0, 0.1) is 0 Å². The van der Waals surface area contributed by atoms with Gasteiger partial charge in [-0.05, 0) is 29.8 Å². The average Bonchev–Trinajstić information content (AvgIpc) is 3.05. The summed E-state index contributed by atoms with van der Waals surface area (Å²) in [5.41, 5.74) is 2.23. The summed E-state index contributed by atoms with van der Waals surface area (Å²) < 4.78 is 5.83. The monoisotopic (exact) mass is 342 g/mol. The van der Waals surface area contributed by atoms with E-state index in [0.717, 1.165) is 35.1 Å². The Morgan fingerprint density at radius 1 is 1.04 bits per heavy atom. The molecule has 1 fully saturated rings. The molecule has 4 rings (SSSR count). The van der Waals surface area contributed by atoms with Crippen molar-refractivity contribution in [3.05, 3.63) is 59.1 Å². The molecule has 0 spiro atoms. The Morgan fingerprint density at radius 3 is 2.58 bits per heavy atom. The fourth-order valence-corrected chi connectivity index (χ4v) is 3.57. The molecular formula is C19H19ClN2O2. The second-order valence-electron chi connectivity index (χ2n) is 6.21. The van der Waals surface area contributed by atoms with Crippen molar-refractivity contribution in [2.75, 3.05) is 31.1 Å². The Hall–Kier alpha value is -2.20. The third kappa shape index (κ3) is 2.94. The Labute approximate surface area is 146 Å². The van der Waals surface area contributed by atoms with E-state index in [0.29, 0.717) is 19.5 Å². The zero-order chi connectivity index (χ0) is 16.5. The van der Waals surface area contributed by atoms with E-state index in [1.165, 1.54) is 0 Å². The van der Waals surface area contributed by atoms with E-state index in [-0.39, 0.29) is 12.0 Å². The highest BCUT2D eigenvalue weighted by Crippen LogP contribution is 2.29. The molecular weight excluding hydrogens is 324 g/mol. The summed E-state index contributed by atoms with van der Waals surface area (Å²) in [7, 11) is 0. The molecule has 2 aliphatic heterocycles. The number of rotatable bonds is 2. The Morgan fingerprint density at radius 2 is 1.83 bits per heavy atom. The van der Waals surface area contributed by atoms with Crippen molar-refractivity contribution in [1.82, 2.24) is 4.90 Å². The summed E-state index contributed by atoms with van der Waals surface area (Å²) in [6.07, 6.45) is 0.295. The van der Waals surface area contributed by atoms with Crippen molar-refractivity contribution >= 4 is 23.2 Å². The molecule has 0 N–H and O–H groups in total. The third-order valence-electron chi connectivity index (χ3n) is 4.69. The lowest BCUT2D eigenvalue weighted by Gasteiger charge is -2.37. The number of hydrogen-bond donors (Lipinski definition) is 0. The highest BCUT2D eigenvalue weighted by atomic mass is 35.5. The van der Waals surface area contributed by atoms with Gasteiger partial charge in [-0.15, -0.1) is 0 Å². The van der Waals surface area contributed by atoms with Crippen LogP contribution < -0.4 is 9.64 Å². The van der Waals surface area contributed by atoms with Crippen molar-refractivity contribution < 1.29 is 9.53 Å². The van der Waals surface area contributed by atoms with E-state index in [2.05, 4.69) is 11.0 Å². The minimum absolute atomic E-state index is 0.0944. The fourth-order valence-electron chi connectivity index (χ4n) is 3.38. The summed E-state index contributed by atoms with van der Waals surface area (Å²) >= 11 is 6.07. The number of halogens is 1. The molecule has 1 atom stereocenters. The SMILES string of the molecule is O=C([C@@H]1Cc2ccccc2O1)N1CCN(c2cccc(Cl)c2)CC1. The molecule has 0 aromatic heterocycles. The summed E-state index contributed by atoms with van der Waals surface area (Å²) in [5, 5.41) is 0.739. The zero-order valence-electron chi connectivity index (χ0n) is 13.3. The van der Waals surface area contributed by atoms with Crippen LogP contribution in [0.4, 0.5) is 5.69 Å². The summed E-state index contributed by atoms with van der Waals surface area (Å²) in [4.78, 5) is 16.9. The zero-order valence-corrected chi connectivity index (χ0v) is 14.1. The maximum absolute atomic E-state index is 12.7. The molecule has 124 valence electrons. The lowest BCUT2D eigenvalue weighted by atomic mass is 10.1. The van der Waals surface area contributed by atoms with Crippen LogP contribution in [-0.4, -0.2) is 43.1 Å². The number of carbonyl (C=O) groups excluding carboxylic acids is 1. The van der Waals surface area contributed by atoms with E-state index in [1.54, 1.807) is 0 Å². The number of fused-ring (bicyclic) bond motifs is 1.